The van der Waals surface area contributed by atoms with Crippen LogP contribution in [0.5, 0.6) is 11.5 Å². The lowest BCUT2D eigenvalue weighted by Crippen LogP contribution is -2.27. The summed E-state index contributed by atoms with van der Waals surface area (Å²) in [6.45, 7) is 2.42. The van der Waals surface area contributed by atoms with Crippen LogP contribution in [0, 0.1) is 0 Å². The minimum Gasteiger partial charge on any atom is -0.507 e. The molecule has 0 amide bonds. The van der Waals surface area contributed by atoms with Gasteiger partial charge < -0.3 is 9.84 Å². The molecule has 3 aliphatic rings. The van der Waals surface area contributed by atoms with Gasteiger partial charge in [0.2, 0.25) is 5.78 Å². The Labute approximate surface area is 262 Å². The lowest BCUT2D eigenvalue weighted by atomic mass is 9.98. The van der Waals surface area contributed by atoms with Crippen LogP contribution in [0.2, 0.25) is 10.0 Å². The number of Topliss-reactive ketones (excluding diaryl/α,β-unsaturated/α-hetero) is 1. The third kappa shape index (κ3) is 6.27. The van der Waals surface area contributed by atoms with E-state index in [0.29, 0.717) is 34.9 Å². The number of phenolic OH excluding ortho intramolecular Hbond substituents is 1. The highest BCUT2D eigenvalue weighted by atomic mass is 35.5. The predicted molar refractivity (Wildman–Crippen MR) is 170 cm³/mol. The number of rotatable bonds is 7. The van der Waals surface area contributed by atoms with Gasteiger partial charge in [-0.05, 0) is 85.5 Å². The molecule has 0 saturated carbocycles. The normalized spacial score (nSPS) is 19.9. The van der Waals surface area contributed by atoms with Crippen LogP contribution in [0.3, 0.4) is 0 Å². The largest absolute Gasteiger partial charge is 0.507 e. The first-order chi connectivity index (χ1) is 20.7. The number of hydrogen-bond donors (Lipinski definition) is 1. The number of phenols is 1. The van der Waals surface area contributed by atoms with E-state index in [1.54, 1.807) is 18.2 Å². The minimum absolute atomic E-state index is 0.0636. The Hall–Kier alpha value is -3.10. The number of fused-ring (bicyclic) bond motifs is 2. The van der Waals surface area contributed by atoms with Crippen molar-refractivity contribution in [2.24, 2.45) is 0 Å². The number of sulfone groups is 1. The summed E-state index contributed by atoms with van der Waals surface area (Å²) < 4.78 is 32.5. The quantitative estimate of drug-likeness (QED) is 0.265. The zero-order chi connectivity index (χ0) is 30.1. The molecule has 224 valence electrons. The molecular formula is C34H33Cl2NO5S. The molecule has 2 heterocycles. The number of aromatic hydroxyl groups is 1. The molecule has 3 aromatic rings. The molecule has 1 aliphatic carbocycles. The molecular weight excluding hydrogens is 605 g/mol. The van der Waals surface area contributed by atoms with Crippen LogP contribution in [-0.2, 0) is 16.4 Å². The molecule has 1 atom stereocenters. The van der Waals surface area contributed by atoms with Crippen LogP contribution >= 0.6 is 23.2 Å². The van der Waals surface area contributed by atoms with E-state index in [1.165, 1.54) is 37.5 Å². The first kappa shape index (κ1) is 29.9. The van der Waals surface area contributed by atoms with Crippen molar-refractivity contribution in [3.63, 3.8) is 0 Å². The smallest absolute Gasteiger partial charge is 0.231 e. The van der Waals surface area contributed by atoms with Gasteiger partial charge in [-0.15, -0.1) is 0 Å². The Bertz CT molecular complexity index is 1740. The zero-order valence-corrected chi connectivity index (χ0v) is 26.0. The van der Waals surface area contributed by atoms with Crippen LogP contribution < -0.4 is 4.74 Å². The SMILES string of the molecule is O=C1/C(=C/C2=CC(CCS(=O)(=O)c3ccc(Cl)cc3Cl)c3ccccc32)Oc2c1ccc(O)c2CN1CCCCCCC1. The number of ether oxygens (including phenoxy) is 1. The Balaban J connectivity index is 1.25. The summed E-state index contributed by atoms with van der Waals surface area (Å²) >= 11 is 12.2. The molecule has 1 unspecified atom stereocenters. The topological polar surface area (TPSA) is 83.9 Å². The van der Waals surface area contributed by atoms with Gasteiger partial charge in [0, 0.05) is 17.5 Å². The summed E-state index contributed by atoms with van der Waals surface area (Å²) in [7, 11) is -3.65. The fourth-order valence-electron chi connectivity index (χ4n) is 6.25. The Kier molecular flexibility index (Phi) is 8.70. The first-order valence-corrected chi connectivity index (χ1v) is 17.1. The molecule has 1 fully saturated rings. The van der Waals surface area contributed by atoms with E-state index >= 15 is 0 Å². The number of carbonyl (C=O) groups excluding carboxylic acids is 1. The van der Waals surface area contributed by atoms with Gasteiger partial charge in [0.25, 0.3) is 0 Å². The highest BCUT2D eigenvalue weighted by molar-refractivity contribution is 7.91. The van der Waals surface area contributed by atoms with Crippen molar-refractivity contribution >= 4 is 44.4 Å². The monoisotopic (exact) mass is 637 g/mol. The van der Waals surface area contributed by atoms with Crippen LogP contribution in [0.25, 0.3) is 5.57 Å². The number of hydrogen-bond acceptors (Lipinski definition) is 6. The van der Waals surface area contributed by atoms with E-state index in [9.17, 15) is 18.3 Å². The van der Waals surface area contributed by atoms with Crippen molar-refractivity contribution in [2.45, 2.75) is 55.9 Å². The number of allylic oxidation sites excluding steroid dienone is 4. The minimum atomic E-state index is -3.65. The van der Waals surface area contributed by atoms with Crippen molar-refractivity contribution in [1.82, 2.24) is 4.90 Å². The standard InChI is InChI=1S/C34H33Cl2NO5S/c35-24-10-13-32(29(36)20-24)43(40,41)17-14-22-18-23(26-9-5-4-8-25(22)26)19-31-33(39)27-11-12-30(38)28(34(27)42-31)21-37-15-6-2-1-3-7-16-37/h4-5,8-13,18-20,22,38H,1-3,6-7,14-17,21H2/b31-19-. The van der Waals surface area contributed by atoms with Crippen molar-refractivity contribution in [3.05, 3.63) is 105 Å². The molecule has 9 heteroatoms. The van der Waals surface area contributed by atoms with E-state index in [0.717, 1.165) is 42.6 Å². The summed E-state index contributed by atoms with van der Waals surface area (Å²) in [5, 5.41) is 11.3. The lowest BCUT2D eigenvalue weighted by molar-refractivity contribution is 0.101. The summed E-state index contributed by atoms with van der Waals surface area (Å²) in [4.78, 5) is 15.9. The van der Waals surface area contributed by atoms with Crippen LogP contribution in [0.1, 0.15) is 71.5 Å². The fraction of sp³-hybridized carbons (Fsp3) is 0.324. The number of halogens is 2. The second kappa shape index (κ2) is 12.5. The molecule has 43 heavy (non-hydrogen) atoms. The Morgan fingerprint density at radius 1 is 0.953 bits per heavy atom. The first-order valence-electron chi connectivity index (χ1n) is 14.7. The van der Waals surface area contributed by atoms with Gasteiger partial charge in [-0.25, -0.2) is 8.42 Å². The van der Waals surface area contributed by atoms with Gasteiger partial charge in [0.15, 0.2) is 15.6 Å². The second-order valence-electron chi connectivity index (χ2n) is 11.4. The third-order valence-electron chi connectivity index (χ3n) is 8.51. The molecule has 6 rings (SSSR count). The maximum Gasteiger partial charge on any atom is 0.231 e. The van der Waals surface area contributed by atoms with Crippen LogP contribution in [-0.4, -0.2) is 43.0 Å². The molecule has 0 bridgehead atoms. The second-order valence-corrected chi connectivity index (χ2v) is 14.3. The number of likely N-dealkylation sites (tertiary alicyclic amines) is 1. The summed E-state index contributed by atoms with van der Waals surface area (Å²) in [5.74, 6) is 0.236. The van der Waals surface area contributed by atoms with Gasteiger partial charge in [-0.3, -0.25) is 9.69 Å². The van der Waals surface area contributed by atoms with Crippen LogP contribution in [0.4, 0.5) is 0 Å². The molecule has 6 nitrogen and oxygen atoms in total. The molecule has 0 aromatic heterocycles. The molecule has 0 spiro atoms. The van der Waals surface area contributed by atoms with E-state index in [2.05, 4.69) is 4.90 Å². The highest BCUT2D eigenvalue weighted by Gasteiger charge is 2.33. The zero-order valence-electron chi connectivity index (χ0n) is 23.7. The number of carbonyl (C=O) groups is 1. The average molecular weight is 639 g/mol. The number of nitrogens with zero attached hydrogens (tertiary/aromatic N) is 1. The maximum atomic E-state index is 13.5. The lowest BCUT2D eigenvalue weighted by Gasteiger charge is -2.25. The van der Waals surface area contributed by atoms with Gasteiger partial charge in [-0.2, -0.15) is 0 Å². The fourth-order valence-corrected chi connectivity index (χ4v) is 8.43. The molecule has 1 N–H and O–H groups in total. The molecule has 2 aliphatic heterocycles. The Morgan fingerprint density at radius 3 is 2.47 bits per heavy atom. The van der Waals surface area contributed by atoms with Gasteiger partial charge in [0.05, 0.1) is 26.8 Å². The van der Waals surface area contributed by atoms with E-state index < -0.39 is 9.84 Å². The van der Waals surface area contributed by atoms with Gasteiger partial charge >= 0.3 is 0 Å². The van der Waals surface area contributed by atoms with Gasteiger partial charge in [0.1, 0.15) is 11.5 Å². The number of benzene rings is 3. The summed E-state index contributed by atoms with van der Waals surface area (Å²) in [5.41, 5.74) is 3.80. The number of ketones is 1. The highest BCUT2D eigenvalue weighted by Crippen LogP contribution is 2.43. The summed E-state index contributed by atoms with van der Waals surface area (Å²) in [6.07, 6.45) is 9.97. The third-order valence-corrected chi connectivity index (χ3v) is 11.0. The van der Waals surface area contributed by atoms with E-state index in [1.807, 2.05) is 30.3 Å². The van der Waals surface area contributed by atoms with Crippen LogP contribution in [0.15, 0.2) is 77.4 Å². The van der Waals surface area contributed by atoms with E-state index in [4.69, 9.17) is 27.9 Å². The Morgan fingerprint density at radius 2 is 1.70 bits per heavy atom. The summed E-state index contributed by atoms with van der Waals surface area (Å²) in [6, 6.07) is 15.4. The maximum absolute atomic E-state index is 13.5. The van der Waals surface area contributed by atoms with Crippen molar-refractivity contribution in [2.75, 3.05) is 18.8 Å². The predicted octanol–water partition coefficient (Wildman–Crippen LogP) is 7.97. The van der Waals surface area contributed by atoms with E-state index in [-0.39, 0.29) is 38.9 Å². The molecule has 1 saturated heterocycles. The van der Waals surface area contributed by atoms with Crippen molar-refractivity contribution < 1.29 is 23.1 Å². The molecule has 0 radical (unpaired) electrons. The average Bonchev–Trinajstić information content (AvgIpc) is 3.47. The van der Waals surface area contributed by atoms with Gasteiger partial charge in [-0.1, -0.05) is 72.8 Å². The molecule has 3 aromatic carbocycles. The van der Waals surface area contributed by atoms with Crippen molar-refractivity contribution in [1.29, 1.82) is 0 Å². The van der Waals surface area contributed by atoms with Crippen molar-refractivity contribution in [3.8, 4) is 11.5 Å².